The van der Waals surface area contributed by atoms with Crippen LogP contribution in [0.5, 0.6) is 0 Å². The van der Waals surface area contributed by atoms with Crippen LogP contribution in [0.3, 0.4) is 0 Å². The molecule has 25 heavy (non-hydrogen) atoms. The number of rotatable bonds is 5. The van der Waals surface area contributed by atoms with E-state index in [0.717, 1.165) is 31.7 Å². The van der Waals surface area contributed by atoms with Gasteiger partial charge < -0.3 is 9.47 Å². The van der Waals surface area contributed by atoms with Crippen molar-refractivity contribution in [3.05, 3.63) is 53.3 Å². The zero-order valence-electron chi connectivity index (χ0n) is 15.3. The molecule has 1 aromatic carbocycles. The molecule has 0 bridgehead atoms. The number of hydrogen-bond donors (Lipinski definition) is 1. The van der Waals surface area contributed by atoms with E-state index in [9.17, 15) is 8.42 Å². The van der Waals surface area contributed by atoms with Gasteiger partial charge in [0.2, 0.25) is 10.0 Å². The third-order valence-corrected chi connectivity index (χ3v) is 7.11. The van der Waals surface area contributed by atoms with E-state index < -0.39 is 10.0 Å². The number of sulfonamides is 1. The number of benzene rings is 1. The summed E-state index contributed by atoms with van der Waals surface area (Å²) in [6.45, 7) is 11.2. The quantitative estimate of drug-likeness (QED) is 0.863. The van der Waals surface area contributed by atoms with Gasteiger partial charge in [-0.15, -0.1) is 0 Å². The molecule has 3 rings (SSSR count). The maximum atomic E-state index is 12.8. The van der Waals surface area contributed by atoms with Gasteiger partial charge >= 0.3 is 0 Å². The number of nitrogens with zero attached hydrogens (tertiary/aromatic N) is 2. The van der Waals surface area contributed by atoms with Crippen LogP contribution in [0, 0.1) is 20.8 Å². The first-order valence-corrected chi connectivity index (χ1v) is 10.3. The Bertz CT molecular complexity index is 797. The van der Waals surface area contributed by atoms with Crippen molar-refractivity contribution in [2.45, 2.75) is 32.2 Å². The number of aryl methyl sites for hydroxylation is 3. The molecule has 2 aromatic rings. The van der Waals surface area contributed by atoms with Crippen molar-refractivity contribution < 1.29 is 13.3 Å². The minimum absolute atomic E-state index is 0.403. The van der Waals surface area contributed by atoms with Gasteiger partial charge in [0, 0.05) is 11.4 Å². The van der Waals surface area contributed by atoms with E-state index in [0.29, 0.717) is 18.0 Å². The van der Waals surface area contributed by atoms with Crippen LogP contribution < -0.4 is 4.90 Å². The smallest absolute Gasteiger partial charge is 0.243 e. The van der Waals surface area contributed by atoms with E-state index in [1.807, 2.05) is 19.1 Å². The summed E-state index contributed by atoms with van der Waals surface area (Å²) in [4.78, 5) is 1.88. The van der Waals surface area contributed by atoms with Gasteiger partial charge in [0.05, 0.1) is 44.2 Å². The van der Waals surface area contributed by atoms with Crippen molar-refractivity contribution in [3.63, 3.8) is 0 Å². The van der Waals surface area contributed by atoms with E-state index in [1.165, 1.54) is 16.3 Å². The van der Waals surface area contributed by atoms with E-state index in [4.69, 9.17) is 0 Å². The van der Waals surface area contributed by atoms with Gasteiger partial charge in [-0.2, -0.15) is 4.31 Å². The minimum Gasteiger partial charge on any atom is -0.344 e. The standard InChI is InChI=1S/C19H27N3O2S/c1-16-4-8-19(9-5-16)25(23,24)21-13-10-20(11-14-21)12-15-22-17(2)6-7-18(22)3/h4-9H,10-15H2,1-3H3/p+1. The van der Waals surface area contributed by atoms with Crippen molar-refractivity contribution >= 4 is 10.0 Å². The SMILES string of the molecule is Cc1ccc(S(=O)(=O)N2CC[NH+](CCn3c(C)ccc3C)CC2)cc1. The zero-order chi connectivity index (χ0) is 18.0. The summed E-state index contributed by atoms with van der Waals surface area (Å²) in [5.41, 5.74) is 3.65. The molecule has 1 aliphatic heterocycles. The molecule has 2 heterocycles. The van der Waals surface area contributed by atoms with Gasteiger partial charge in [0.15, 0.2) is 0 Å². The lowest BCUT2D eigenvalue weighted by atomic mass is 10.2. The Labute approximate surface area is 150 Å². The molecule has 1 fully saturated rings. The van der Waals surface area contributed by atoms with Gasteiger partial charge in [-0.3, -0.25) is 0 Å². The molecule has 0 atom stereocenters. The highest BCUT2D eigenvalue weighted by atomic mass is 32.2. The summed E-state index contributed by atoms with van der Waals surface area (Å²) in [5, 5.41) is 0. The van der Waals surface area contributed by atoms with E-state index in [-0.39, 0.29) is 0 Å². The van der Waals surface area contributed by atoms with Crippen LogP contribution in [-0.4, -0.2) is 50.0 Å². The fourth-order valence-corrected chi connectivity index (χ4v) is 4.92. The maximum absolute atomic E-state index is 12.8. The highest BCUT2D eigenvalue weighted by Gasteiger charge is 2.30. The van der Waals surface area contributed by atoms with Crippen LogP contribution in [0.4, 0.5) is 0 Å². The summed E-state index contributed by atoms with van der Waals surface area (Å²) in [7, 11) is -3.36. The summed E-state index contributed by atoms with van der Waals surface area (Å²) in [6, 6.07) is 11.4. The van der Waals surface area contributed by atoms with Crippen molar-refractivity contribution in [1.29, 1.82) is 0 Å². The molecule has 1 saturated heterocycles. The lowest BCUT2D eigenvalue weighted by Crippen LogP contribution is -3.15. The average Bonchev–Trinajstić information content (AvgIpc) is 2.92. The Hall–Kier alpha value is -1.63. The van der Waals surface area contributed by atoms with Gasteiger partial charge in [0.1, 0.15) is 0 Å². The fourth-order valence-electron chi connectivity index (χ4n) is 3.47. The lowest BCUT2D eigenvalue weighted by Gasteiger charge is -2.31. The average molecular weight is 363 g/mol. The molecular weight excluding hydrogens is 334 g/mol. The number of quaternary nitrogens is 1. The van der Waals surface area contributed by atoms with Crippen LogP contribution in [0.15, 0.2) is 41.3 Å². The molecule has 0 spiro atoms. The number of nitrogens with one attached hydrogen (secondary N) is 1. The van der Waals surface area contributed by atoms with Crippen molar-refractivity contribution in [2.24, 2.45) is 0 Å². The molecule has 0 aliphatic carbocycles. The van der Waals surface area contributed by atoms with Gasteiger partial charge in [-0.25, -0.2) is 8.42 Å². The third-order valence-electron chi connectivity index (χ3n) is 5.19. The molecule has 0 amide bonds. The number of hydrogen-bond acceptors (Lipinski definition) is 2. The van der Waals surface area contributed by atoms with Gasteiger partial charge in [-0.1, -0.05) is 17.7 Å². The summed E-state index contributed by atoms with van der Waals surface area (Å²) < 4.78 is 29.5. The van der Waals surface area contributed by atoms with Gasteiger partial charge in [0.25, 0.3) is 0 Å². The first-order chi connectivity index (χ1) is 11.9. The summed E-state index contributed by atoms with van der Waals surface area (Å²) in [5.74, 6) is 0. The molecule has 1 aliphatic rings. The second kappa shape index (κ2) is 7.32. The summed E-state index contributed by atoms with van der Waals surface area (Å²) >= 11 is 0. The summed E-state index contributed by atoms with van der Waals surface area (Å²) in [6.07, 6.45) is 0. The third kappa shape index (κ3) is 3.97. The first-order valence-electron chi connectivity index (χ1n) is 8.91. The molecule has 0 saturated carbocycles. The second-order valence-electron chi connectivity index (χ2n) is 6.98. The normalized spacial score (nSPS) is 17.1. The molecule has 1 aromatic heterocycles. The molecule has 1 N–H and O–H groups in total. The monoisotopic (exact) mass is 362 g/mol. The highest BCUT2D eigenvalue weighted by Crippen LogP contribution is 2.16. The Balaban J connectivity index is 1.57. The van der Waals surface area contributed by atoms with Crippen molar-refractivity contribution in [3.8, 4) is 0 Å². The molecule has 0 unspecified atom stereocenters. The lowest BCUT2D eigenvalue weighted by molar-refractivity contribution is -0.904. The molecule has 5 nitrogen and oxygen atoms in total. The Morgan fingerprint density at radius 1 is 0.920 bits per heavy atom. The Kier molecular flexibility index (Phi) is 5.32. The molecule has 136 valence electrons. The predicted octanol–water partition coefficient (Wildman–Crippen LogP) is 1.00. The molecule has 0 radical (unpaired) electrons. The Morgan fingerprint density at radius 3 is 2.04 bits per heavy atom. The highest BCUT2D eigenvalue weighted by molar-refractivity contribution is 7.89. The van der Waals surface area contributed by atoms with Crippen LogP contribution in [0.25, 0.3) is 0 Å². The topological polar surface area (TPSA) is 46.8 Å². The van der Waals surface area contributed by atoms with Crippen molar-refractivity contribution in [2.75, 3.05) is 32.7 Å². The molecular formula is C19H28N3O2S+. The van der Waals surface area contributed by atoms with Gasteiger partial charge in [-0.05, 0) is 45.0 Å². The van der Waals surface area contributed by atoms with Crippen molar-refractivity contribution in [1.82, 2.24) is 8.87 Å². The fraction of sp³-hybridized carbons (Fsp3) is 0.474. The van der Waals surface area contributed by atoms with E-state index in [2.05, 4.69) is 30.5 Å². The second-order valence-corrected chi connectivity index (χ2v) is 8.92. The molecule has 6 heteroatoms. The van der Waals surface area contributed by atoms with Crippen LogP contribution in [0.1, 0.15) is 17.0 Å². The van der Waals surface area contributed by atoms with E-state index in [1.54, 1.807) is 16.4 Å². The minimum atomic E-state index is -3.36. The largest absolute Gasteiger partial charge is 0.344 e. The Morgan fingerprint density at radius 2 is 1.48 bits per heavy atom. The number of aromatic nitrogens is 1. The van der Waals surface area contributed by atoms with Crippen LogP contribution >= 0.6 is 0 Å². The van der Waals surface area contributed by atoms with Crippen LogP contribution in [-0.2, 0) is 16.6 Å². The first kappa shape index (κ1) is 18.2. The maximum Gasteiger partial charge on any atom is 0.243 e. The number of piperazine rings is 1. The van der Waals surface area contributed by atoms with E-state index >= 15 is 0 Å². The zero-order valence-corrected chi connectivity index (χ0v) is 16.1. The predicted molar refractivity (Wildman–Crippen MR) is 99.4 cm³/mol. The van der Waals surface area contributed by atoms with Crippen LogP contribution in [0.2, 0.25) is 0 Å².